The van der Waals surface area contributed by atoms with Crippen LogP contribution in [-0.4, -0.2) is 28.8 Å². The third-order valence-corrected chi connectivity index (χ3v) is 2.79. The highest BCUT2D eigenvalue weighted by atomic mass is 16.1. The minimum absolute atomic E-state index is 0.0378. The number of aromatic nitrogens is 2. The highest BCUT2D eigenvalue weighted by Gasteiger charge is 2.12. The van der Waals surface area contributed by atoms with Gasteiger partial charge in [-0.25, -0.2) is 4.68 Å². The molecule has 2 rings (SSSR count). The molecule has 6 nitrogen and oxygen atoms in total. The normalized spacial score (nSPS) is 10.5. The zero-order chi connectivity index (χ0) is 15.2. The van der Waals surface area contributed by atoms with Crippen LogP contribution in [0.15, 0.2) is 46.3 Å². The average Bonchev–Trinajstić information content (AvgIpc) is 2.53. The fourth-order valence-electron chi connectivity index (χ4n) is 1.70. The molecule has 1 aromatic carbocycles. The molecule has 0 aliphatic heterocycles. The van der Waals surface area contributed by atoms with Gasteiger partial charge in [0.2, 0.25) is 5.43 Å². The smallest absolute Gasteiger partial charge is 0.211 e. The first-order valence-electron chi connectivity index (χ1n) is 6.20. The van der Waals surface area contributed by atoms with Crippen molar-refractivity contribution < 1.29 is 4.79 Å². The fraction of sp³-hybridized carbons (Fsp3) is 0.133. The van der Waals surface area contributed by atoms with Crippen LogP contribution >= 0.6 is 0 Å². The number of rotatable bonds is 4. The predicted octanol–water partition coefficient (Wildman–Crippen LogP) is 1.38. The third kappa shape index (κ3) is 3.28. The fourth-order valence-corrected chi connectivity index (χ4v) is 1.70. The third-order valence-electron chi connectivity index (χ3n) is 2.79. The Bertz CT molecular complexity index is 783. The summed E-state index contributed by atoms with van der Waals surface area (Å²) in [5.41, 5.74) is 0.638. The standard InChI is InChI=1S/C15H12N4O2/c1-17-8-6-13(20)15-14(21)7-9-19(18-15)12-4-2-11(10-16)3-5-12/h2-5,7-9H,6H2,1H3. The maximum absolute atomic E-state index is 11.9. The number of nitrogens with zero attached hydrogens (tertiary/aromatic N) is 4. The average molecular weight is 280 g/mol. The molecule has 6 heteroatoms. The highest BCUT2D eigenvalue weighted by Crippen LogP contribution is 2.07. The van der Waals surface area contributed by atoms with Gasteiger partial charge in [-0.05, 0) is 24.3 Å². The number of ketones is 1. The molecule has 0 bridgehead atoms. The lowest BCUT2D eigenvalue weighted by Gasteiger charge is -2.06. The summed E-state index contributed by atoms with van der Waals surface area (Å²) < 4.78 is 1.43. The van der Waals surface area contributed by atoms with E-state index in [1.54, 1.807) is 31.3 Å². The van der Waals surface area contributed by atoms with Crippen molar-refractivity contribution in [2.45, 2.75) is 6.42 Å². The van der Waals surface area contributed by atoms with E-state index in [1.807, 2.05) is 6.07 Å². The van der Waals surface area contributed by atoms with Crippen LogP contribution in [0.2, 0.25) is 0 Å². The summed E-state index contributed by atoms with van der Waals surface area (Å²) in [6.07, 6.45) is 2.95. The lowest BCUT2D eigenvalue weighted by Crippen LogP contribution is -2.20. The summed E-state index contributed by atoms with van der Waals surface area (Å²) in [7, 11) is 1.56. The quantitative estimate of drug-likeness (QED) is 0.625. The SMILES string of the molecule is CN=CCC(=O)c1nn(-c2ccc(C#N)cc2)ccc1=O. The van der Waals surface area contributed by atoms with Crippen molar-refractivity contribution in [3.8, 4) is 11.8 Å². The number of Topliss-reactive ketones (excluding diaryl/α,β-unsaturated/α-hetero) is 1. The zero-order valence-corrected chi connectivity index (χ0v) is 11.4. The van der Waals surface area contributed by atoms with Gasteiger partial charge >= 0.3 is 0 Å². The summed E-state index contributed by atoms with van der Waals surface area (Å²) in [6, 6.07) is 9.98. The van der Waals surface area contributed by atoms with Crippen molar-refractivity contribution in [2.24, 2.45) is 4.99 Å². The molecular weight excluding hydrogens is 268 g/mol. The first-order valence-corrected chi connectivity index (χ1v) is 6.20. The number of aliphatic imine (C=N–C) groups is 1. The van der Waals surface area contributed by atoms with Gasteiger partial charge in [-0.3, -0.25) is 9.59 Å². The van der Waals surface area contributed by atoms with Gasteiger partial charge < -0.3 is 4.99 Å². The largest absolute Gasteiger partial charge is 0.300 e. The molecule has 0 aliphatic rings. The lowest BCUT2D eigenvalue weighted by atomic mass is 10.2. The Kier molecular flexibility index (Phi) is 4.36. The molecule has 0 N–H and O–H groups in total. The molecule has 0 unspecified atom stereocenters. The molecule has 0 spiro atoms. The van der Waals surface area contributed by atoms with Gasteiger partial charge in [0.1, 0.15) is 0 Å². The number of nitriles is 1. The molecule has 0 aliphatic carbocycles. The summed E-state index contributed by atoms with van der Waals surface area (Å²) in [4.78, 5) is 27.3. The second-order valence-corrected chi connectivity index (χ2v) is 4.20. The number of hydrogen-bond acceptors (Lipinski definition) is 5. The van der Waals surface area contributed by atoms with Gasteiger partial charge in [-0.15, -0.1) is 0 Å². The van der Waals surface area contributed by atoms with E-state index < -0.39 is 5.43 Å². The van der Waals surface area contributed by atoms with Crippen LogP contribution in [0.1, 0.15) is 22.5 Å². The topological polar surface area (TPSA) is 88.1 Å². The Labute approximate surface area is 121 Å². The lowest BCUT2D eigenvalue weighted by molar-refractivity contribution is 0.0994. The molecule has 0 saturated carbocycles. The van der Waals surface area contributed by atoms with Gasteiger partial charge in [-0.2, -0.15) is 10.4 Å². The summed E-state index contributed by atoms with van der Waals surface area (Å²) in [5, 5.41) is 12.8. The molecule has 0 fully saturated rings. The van der Waals surface area contributed by atoms with E-state index in [0.29, 0.717) is 11.3 Å². The number of carbonyl (C=O) groups excluding carboxylic acids is 1. The molecule has 2 aromatic rings. The molecule has 21 heavy (non-hydrogen) atoms. The Hall–Kier alpha value is -3.07. The first-order chi connectivity index (χ1) is 10.2. The van der Waals surface area contributed by atoms with E-state index in [1.165, 1.54) is 23.2 Å². The van der Waals surface area contributed by atoms with Gasteiger partial charge in [0.05, 0.1) is 17.3 Å². The molecule has 0 radical (unpaired) electrons. The number of benzene rings is 1. The molecule has 0 amide bonds. The molecule has 104 valence electrons. The van der Waals surface area contributed by atoms with E-state index in [0.717, 1.165) is 0 Å². The predicted molar refractivity (Wildman–Crippen MR) is 77.9 cm³/mol. The Morgan fingerprint density at radius 3 is 2.71 bits per heavy atom. The van der Waals surface area contributed by atoms with Crippen LogP contribution in [0.4, 0.5) is 0 Å². The van der Waals surface area contributed by atoms with Crippen molar-refractivity contribution in [1.82, 2.24) is 9.78 Å². The van der Waals surface area contributed by atoms with E-state index >= 15 is 0 Å². The van der Waals surface area contributed by atoms with Gasteiger partial charge in [0.15, 0.2) is 11.5 Å². The molecular formula is C15H12N4O2. The zero-order valence-electron chi connectivity index (χ0n) is 11.4. The van der Waals surface area contributed by atoms with Crippen molar-refractivity contribution >= 4 is 12.0 Å². The number of hydrogen-bond donors (Lipinski definition) is 0. The summed E-state index contributed by atoms with van der Waals surface area (Å²) in [5.74, 6) is -0.381. The van der Waals surface area contributed by atoms with Crippen LogP contribution in [-0.2, 0) is 0 Å². The van der Waals surface area contributed by atoms with Crippen LogP contribution in [0, 0.1) is 11.3 Å². The maximum Gasteiger partial charge on any atom is 0.211 e. The molecule has 0 saturated heterocycles. The van der Waals surface area contributed by atoms with E-state index in [4.69, 9.17) is 5.26 Å². The van der Waals surface area contributed by atoms with E-state index in [2.05, 4.69) is 10.1 Å². The Balaban J connectivity index is 2.40. The van der Waals surface area contributed by atoms with Crippen molar-refractivity contribution in [1.29, 1.82) is 5.26 Å². The second-order valence-electron chi connectivity index (χ2n) is 4.20. The Morgan fingerprint density at radius 2 is 2.10 bits per heavy atom. The van der Waals surface area contributed by atoms with Gasteiger partial charge in [0, 0.05) is 31.9 Å². The van der Waals surface area contributed by atoms with Crippen molar-refractivity contribution in [3.63, 3.8) is 0 Å². The summed E-state index contributed by atoms with van der Waals surface area (Å²) in [6.45, 7) is 0. The first kappa shape index (κ1) is 14.3. The second kappa shape index (κ2) is 6.39. The minimum atomic E-state index is -0.422. The van der Waals surface area contributed by atoms with E-state index in [9.17, 15) is 9.59 Å². The Morgan fingerprint density at radius 1 is 1.38 bits per heavy atom. The molecule has 1 heterocycles. The summed E-state index contributed by atoms with van der Waals surface area (Å²) >= 11 is 0. The maximum atomic E-state index is 11.9. The number of carbonyl (C=O) groups is 1. The molecule has 0 atom stereocenters. The monoisotopic (exact) mass is 280 g/mol. The van der Waals surface area contributed by atoms with Gasteiger partial charge in [-0.1, -0.05) is 0 Å². The minimum Gasteiger partial charge on any atom is -0.300 e. The highest BCUT2D eigenvalue weighted by molar-refractivity contribution is 6.02. The van der Waals surface area contributed by atoms with E-state index in [-0.39, 0.29) is 17.9 Å². The van der Waals surface area contributed by atoms with Gasteiger partial charge in [0.25, 0.3) is 0 Å². The van der Waals surface area contributed by atoms with Crippen LogP contribution in [0.5, 0.6) is 0 Å². The molecule has 1 aromatic heterocycles. The van der Waals surface area contributed by atoms with Crippen LogP contribution < -0.4 is 5.43 Å². The van der Waals surface area contributed by atoms with Crippen molar-refractivity contribution in [3.05, 3.63) is 58.0 Å². The van der Waals surface area contributed by atoms with Crippen LogP contribution in [0.3, 0.4) is 0 Å². The van der Waals surface area contributed by atoms with Crippen molar-refractivity contribution in [2.75, 3.05) is 7.05 Å². The van der Waals surface area contributed by atoms with Crippen LogP contribution in [0.25, 0.3) is 5.69 Å².